The number of thioether (sulfide) groups is 1. The number of nitrogens with zero attached hydrogens (tertiary/aromatic N) is 2. The molecule has 1 amide bonds. The van der Waals surface area contributed by atoms with E-state index in [1.807, 2.05) is 60.7 Å². The van der Waals surface area contributed by atoms with Crippen molar-refractivity contribution in [2.24, 2.45) is 0 Å². The first-order valence-corrected chi connectivity index (χ1v) is 10.3. The lowest BCUT2D eigenvalue weighted by Gasteiger charge is -2.13. The summed E-state index contributed by atoms with van der Waals surface area (Å²) in [6, 6.07) is 25.5. The monoisotopic (exact) mass is 419 g/mol. The molecule has 1 heterocycles. The second kappa shape index (κ2) is 9.37. The van der Waals surface area contributed by atoms with Gasteiger partial charge in [0.05, 0.1) is 11.7 Å². The maximum Gasteiger partial charge on any atom is 0.277 e. The van der Waals surface area contributed by atoms with E-state index in [9.17, 15) is 9.18 Å². The Hall–Kier alpha value is -3.45. The molecule has 0 aliphatic heterocycles. The lowest BCUT2D eigenvalue weighted by atomic mass is 9.91. The molecule has 3 aromatic carbocycles. The molecule has 0 aliphatic rings. The van der Waals surface area contributed by atoms with Crippen LogP contribution in [0.5, 0.6) is 0 Å². The number of anilines is 1. The molecule has 1 aromatic heterocycles. The van der Waals surface area contributed by atoms with Crippen LogP contribution in [-0.4, -0.2) is 21.9 Å². The highest BCUT2D eigenvalue weighted by Crippen LogP contribution is 2.32. The highest BCUT2D eigenvalue weighted by atomic mass is 32.2. The molecule has 0 unspecified atom stereocenters. The van der Waals surface area contributed by atoms with E-state index in [0.29, 0.717) is 16.8 Å². The SMILES string of the molecule is O=C(CSc1nnc(C(c2ccccc2)c2ccccc2)o1)Nc1ccc(F)cc1. The molecule has 0 bridgehead atoms. The van der Waals surface area contributed by atoms with Crippen LogP contribution in [-0.2, 0) is 4.79 Å². The second-order valence-corrected chi connectivity index (χ2v) is 7.43. The van der Waals surface area contributed by atoms with Gasteiger partial charge in [0.25, 0.3) is 5.22 Å². The Kier molecular flexibility index (Phi) is 6.20. The number of amides is 1. The number of carbonyl (C=O) groups is 1. The van der Waals surface area contributed by atoms with Gasteiger partial charge in [0.15, 0.2) is 0 Å². The van der Waals surface area contributed by atoms with Crippen molar-refractivity contribution in [1.29, 1.82) is 0 Å². The molecule has 4 rings (SSSR count). The Labute approximate surface area is 177 Å². The van der Waals surface area contributed by atoms with Gasteiger partial charge in [-0.05, 0) is 35.4 Å². The van der Waals surface area contributed by atoms with E-state index in [-0.39, 0.29) is 23.4 Å². The molecule has 7 heteroatoms. The summed E-state index contributed by atoms with van der Waals surface area (Å²) in [5.74, 6) is -0.224. The topological polar surface area (TPSA) is 68.0 Å². The van der Waals surface area contributed by atoms with Gasteiger partial charge in [-0.3, -0.25) is 4.79 Å². The Morgan fingerprint density at radius 1 is 0.900 bits per heavy atom. The molecule has 0 saturated carbocycles. The van der Waals surface area contributed by atoms with Crippen molar-refractivity contribution in [3.05, 3.63) is 108 Å². The average molecular weight is 419 g/mol. The summed E-state index contributed by atoms with van der Waals surface area (Å²) in [7, 11) is 0. The third-order valence-electron chi connectivity index (χ3n) is 4.39. The maximum atomic E-state index is 13.0. The number of rotatable bonds is 7. The quantitative estimate of drug-likeness (QED) is 0.421. The fraction of sp³-hybridized carbons (Fsp3) is 0.0870. The Balaban J connectivity index is 1.46. The predicted molar refractivity (Wildman–Crippen MR) is 114 cm³/mol. The normalized spacial score (nSPS) is 10.9. The summed E-state index contributed by atoms with van der Waals surface area (Å²) in [4.78, 5) is 12.1. The van der Waals surface area contributed by atoms with E-state index >= 15 is 0 Å². The molecule has 0 atom stereocenters. The van der Waals surface area contributed by atoms with Crippen LogP contribution in [0.25, 0.3) is 0 Å². The molecule has 0 spiro atoms. The van der Waals surface area contributed by atoms with Crippen LogP contribution in [0, 0.1) is 5.82 Å². The summed E-state index contributed by atoms with van der Waals surface area (Å²) >= 11 is 1.15. The van der Waals surface area contributed by atoms with E-state index in [1.54, 1.807) is 0 Å². The molecule has 0 fully saturated rings. The average Bonchev–Trinajstić information content (AvgIpc) is 3.24. The highest BCUT2D eigenvalue weighted by Gasteiger charge is 2.23. The van der Waals surface area contributed by atoms with Crippen molar-refractivity contribution in [2.45, 2.75) is 11.1 Å². The molecular weight excluding hydrogens is 401 g/mol. The van der Waals surface area contributed by atoms with E-state index in [1.165, 1.54) is 24.3 Å². The molecule has 1 N–H and O–H groups in total. The van der Waals surface area contributed by atoms with Crippen LogP contribution in [0.2, 0.25) is 0 Å². The van der Waals surface area contributed by atoms with Crippen LogP contribution in [0.1, 0.15) is 22.9 Å². The molecule has 150 valence electrons. The number of benzene rings is 3. The lowest BCUT2D eigenvalue weighted by molar-refractivity contribution is -0.113. The van der Waals surface area contributed by atoms with Crippen molar-refractivity contribution in [3.8, 4) is 0 Å². The number of halogens is 1. The fourth-order valence-corrected chi connectivity index (χ4v) is 3.59. The Morgan fingerprint density at radius 2 is 1.50 bits per heavy atom. The zero-order valence-electron chi connectivity index (χ0n) is 15.9. The van der Waals surface area contributed by atoms with E-state index in [2.05, 4.69) is 15.5 Å². The number of nitrogens with one attached hydrogen (secondary N) is 1. The van der Waals surface area contributed by atoms with Gasteiger partial charge in [0.1, 0.15) is 5.82 Å². The standard InChI is InChI=1S/C23H18FN3O2S/c24-18-11-13-19(14-12-18)25-20(28)15-30-23-27-26-22(29-23)21(16-7-3-1-4-8-16)17-9-5-2-6-10-17/h1-14,21H,15H2,(H,25,28). The minimum atomic E-state index is -0.354. The largest absolute Gasteiger partial charge is 0.415 e. The molecule has 30 heavy (non-hydrogen) atoms. The number of hydrogen-bond acceptors (Lipinski definition) is 5. The first kappa shape index (κ1) is 19.8. The van der Waals surface area contributed by atoms with Crippen molar-refractivity contribution in [2.75, 3.05) is 11.1 Å². The van der Waals surface area contributed by atoms with Gasteiger partial charge in [0, 0.05) is 5.69 Å². The molecule has 4 aromatic rings. The number of aromatic nitrogens is 2. The van der Waals surface area contributed by atoms with Crippen LogP contribution in [0.3, 0.4) is 0 Å². The fourth-order valence-electron chi connectivity index (χ4n) is 3.02. The summed E-state index contributed by atoms with van der Waals surface area (Å²) in [6.45, 7) is 0. The lowest BCUT2D eigenvalue weighted by Crippen LogP contribution is -2.13. The van der Waals surface area contributed by atoms with Gasteiger partial charge < -0.3 is 9.73 Å². The van der Waals surface area contributed by atoms with E-state index < -0.39 is 0 Å². The smallest absolute Gasteiger partial charge is 0.277 e. The first-order valence-electron chi connectivity index (χ1n) is 9.30. The van der Waals surface area contributed by atoms with Gasteiger partial charge in [-0.25, -0.2) is 4.39 Å². The number of hydrogen-bond donors (Lipinski definition) is 1. The maximum absolute atomic E-state index is 13.0. The highest BCUT2D eigenvalue weighted by molar-refractivity contribution is 7.99. The Morgan fingerprint density at radius 3 is 2.10 bits per heavy atom. The third kappa shape index (κ3) is 4.93. The molecule has 5 nitrogen and oxygen atoms in total. The van der Waals surface area contributed by atoms with Crippen molar-refractivity contribution < 1.29 is 13.6 Å². The molecule has 0 saturated heterocycles. The van der Waals surface area contributed by atoms with E-state index in [4.69, 9.17) is 4.42 Å². The predicted octanol–water partition coefficient (Wildman–Crippen LogP) is 5.12. The minimum absolute atomic E-state index is 0.0976. The minimum Gasteiger partial charge on any atom is -0.415 e. The Bertz CT molecular complexity index is 1060. The molecule has 0 radical (unpaired) electrons. The summed E-state index contributed by atoms with van der Waals surface area (Å²) in [5, 5.41) is 11.3. The van der Waals surface area contributed by atoms with Crippen molar-refractivity contribution >= 4 is 23.4 Å². The van der Waals surface area contributed by atoms with Gasteiger partial charge in [-0.2, -0.15) is 0 Å². The van der Waals surface area contributed by atoms with Crippen LogP contribution < -0.4 is 5.32 Å². The first-order chi connectivity index (χ1) is 14.7. The molecule has 0 aliphatic carbocycles. The van der Waals surface area contributed by atoms with Crippen LogP contribution in [0.4, 0.5) is 10.1 Å². The van der Waals surface area contributed by atoms with E-state index in [0.717, 1.165) is 22.9 Å². The van der Waals surface area contributed by atoms with Gasteiger partial charge in [0.2, 0.25) is 11.8 Å². The zero-order valence-corrected chi connectivity index (χ0v) is 16.7. The third-order valence-corrected chi connectivity index (χ3v) is 5.21. The van der Waals surface area contributed by atoms with Gasteiger partial charge in [-0.15, -0.1) is 10.2 Å². The zero-order chi connectivity index (χ0) is 20.8. The van der Waals surface area contributed by atoms with Gasteiger partial charge in [-0.1, -0.05) is 72.4 Å². The summed E-state index contributed by atoms with van der Waals surface area (Å²) in [5.41, 5.74) is 2.61. The van der Waals surface area contributed by atoms with Crippen molar-refractivity contribution in [3.63, 3.8) is 0 Å². The van der Waals surface area contributed by atoms with Crippen LogP contribution in [0.15, 0.2) is 94.6 Å². The van der Waals surface area contributed by atoms with Crippen LogP contribution >= 0.6 is 11.8 Å². The van der Waals surface area contributed by atoms with Crippen molar-refractivity contribution in [1.82, 2.24) is 10.2 Å². The summed E-state index contributed by atoms with van der Waals surface area (Å²) < 4.78 is 18.8. The number of carbonyl (C=O) groups excluding carboxylic acids is 1. The van der Waals surface area contributed by atoms with Gasteiger partial charge >= 0.3 is 0 Å². The second-order valence-electron chi connectivity index (χ2n) is 6.50. The summed E-state index contributed by atoms with van der Waals surface area (Å²) in [6.07, 6.45) is 0. The molecular formula is C23H18FN3O2S.